The van der Waals surface area contributed by atoms with Gasteiger partial charge in [0.15, 0.2) is 0 Å². The van der Waals surface area contributed by atoms with Crippen LogP contribution in [-0.2, 0) is 10.1 Å². The van der Waals surface area contributed by atoms with E-state index in [4.69, 9.17) is 9.29 Å². The standard InChI is InChI=1S/C10H14O4S.Na.H/c1-2-3-8-14-9-4-6-10(7-5-9)15(11,12)13;;/h4-7H,2-3,8H2,1H3,(H,11,12,13);;/q;+1;-1. The van der Waals surface area contributed by atoms with Crippen LogP contribution in [0.4, 0.5) is 0 Å². The van der Waals surface area contributed by atoms with Crippen LogP contribution >= 0.6 is 0 Å². The van der Waals surface area contributed by atoms with Gasteiger partial charge < -0.3 is 6.16 Å². The molecule has 0 aromatic heterocycles. The van der Waals surface area contributed by atoms with E-state index in [1.54, 1.807) is 0 Å². The molecule has 0 atom stereocenters. The Labute approximate surface area is 120 Å². The predicted octanol–water partition coefficient (Wildman–Crippen LogP) is -0.771. The number of hydrogen-bond donors (Lipinski definition) is 1. The van der Waals surface area contributed by atoms with Gasteiger partial charge in [-0.15, -0.1) is 0 Å². The van der Waals surface area contributed by atoms with Gasteiger partial charge in [-0.25, -0.2) is 0 Å². The Hall–Kier alpha value is -0.0700. The van der Waals surface area contributed by atoms with Crippen molar-refractivity contribution in [1.82, 2.24) is 0 Å². The van der Waals surface area contributed by atoms with Crippen LogP contribution in [0.3, 0.4) is 0 Å². The van der Waals surface area contributed by atoms with E-state index < -0.39 is 10.1 Å². The van der Waals surface area contributed by atoms with Crippen LogP contribution in [0.25, 0.3) is 0 Å². The third kappa shape index (κ3) is 5.32. The Morgan fingerprint density at radius 2 is 1.88 bits per heavy atom. The molecule has 0 heterocycles. The van der Waals surface area contributed by atoms with E-state index in [0.29, 0.717) is 12.4 Å². The van der Waals surface area contributed by atoms with Crippen molar-refractivity contribution in [2.24, 2.45) is 0 Å². The maximum Gasteiger partial charge on any atom is 1.00 e. The molecule has 1 rings (SSSR count). The first-order chi connectivity index (χ1) is 7.04. The van der Waals surface area contributed by atoms with Gasteiger partial charge in [0.05, 0.1) is 11.5 Å². The topological polar surface area (TPSA) is 63.6 Å². The largest absolute Gasteiger partial charge is 1.00 e. The Balaban J connectivity index is 0. The van der Waals surface area contributed by atoms with E-state index in [1.807, 2.05) is 0 Å². The molecule has 1 aromatic rings. The fourth-order valence-electron chi connectivity index (χ4n) is 1.04. The molecule has 0 aliphatic rings. The number of hydrogen-bond acceptors (Lipinski definition) is 3. The maximum absolute atomic E-state index is 10.7. The number of unbranched alkanes of at least 4 members (excludes halogenated alkanes) is 1. The smallest absolute Gasteiger partial charge is 1.00 e. The Morgan fingerprint density at radius 3 is 2.31 bits per heavy atom. The molecule has 4 nitrogen and oxygen atoms in total. The fraction of sp³-hybridized carbons (Fsp3) is 0.400. The number of rotatable bonds is 5. The molecule has 0 radical (unpaired) electrons. The first-order valence-electron chi connectivity index (χ1n) is 4.74. The van der Waals surface area contributed by atoms with Gasteiger partial charge >= 0.3 is 29.6 Å². The van der Waals surface area contributed by atoms with Gasteiger partial charge in [-0.05, 0) is 30.7 Å². The van der Waals surface area contributed by atoms with Crippen molar-refractivity contribution in [2.45, 2.75) is 24.7 Å². The van der Waals surface area contributed by atoms with Gasteiger partial charge in [0.2, 0.25) is 0 Å². The minimum Gasteiger partial charge on any atom is -1.00 e. The van der Waals surface area contributed by atoms with Gasteiger partial charge in [0.1, 0.15) is 5.75 Å². The van der Waals surface area contributed by atoms with Crippen LogP contribution in [-0.4, -0.2) is 19.6 Å². The zero-order valence-corrected chi connectivity index (χ0v) is 12.3. The average molecular weight is 254 g/mol. The van der Waals surface area contributed by atoms with Crippen molar-refractivity contribution in [1.29, 1.82) is 0 Å². The summed E-state index contributed by atoms with van der Waals surface area (Å²) in [6.45, 7) is 2.67. The van der Waals surface area contributed by atoms with Gasteiger partial charge in [0.25, 0.3) is 10.1 Å². The second-order valence-corrected chi connectivity index (χ2v) is 4.57. The summed E-state index contributed by atoms with van der Waals surface area (Å²) in [4.78, 5) is -0.120. The summed E-state index contributed by atoms with van der Waals surface area (Å²) in [7, 11) is -4.10. The fourth-order valence-corrected chi connectivity index (χ4v) is 1.52. The quantitative estimate of drug-likeness (QED) is 0.426. The average Bonchev–Trinajstić information content (AvgIpc) is 2.18. The summed E-state index contributed by atoms with van der Waals surface area (Å²) in [5.74, 6) is 0.607. The first kappa shape index (κ1) is 15.9. The SMILES string of the molecule is CCCCOc1ccc(S(=O)(=O)O)cc1.[H-].[Na+]. The van der Waals surface area contributed by atoms with Crippen molar-refractivity contribution in [3.05, 3.63) is 24.3 Å². The molecule has 0 spiro atoms. The Bertz CT molecular complexity index is 405. The molecule has 0 unspecified atom stereocenters. The van der Waals surface area contributed by atoms with Crippen molar-refractivity contribution < 1.29 is 48.7 Å². The van der Waals surface area contributed by atoms with Crippen LogP contribution in [0, 0.1) is 0 Å². The van der Waals surface area contributed by atoms with E-state index >= 15 is 0 Å². The molecule has 0 saturated heterocycles. The molecule has 1 N–H and O–H groups in total. The number of ether oxygens (including phenoxy) is 1. The minimum absolute atomic E-state index is 0. The van der Waals surface area contributed by atoms with Crippen molar-refractivity contribution in [3.8, 4) is 5.75 Å². The minimum atomic E-state index is -4.10. The zero-order valence-electron chi connectivity index (χ0n) is 10.5. The summed E-state index contributed by atoms with van der Waals surface area (Å²) in [5, 5.41) is 0. The van der Waals surface area contributed by atoms with E-state index in [0.717, 1.165) is 12.8 Å². The molecule has 0 saturated carbocycles. The summed E-state index contributed by atoms with van der Waals surface area (Å²) in [6, 6.07) is 5.69. The molecule has 0 amide bonds. The molecular formula is C10H15NaO4S. The Kier molecular flexibility index (Phi) is 7.26. The third-order valence-electron chi connectivity index (χ3n) is 1.89. The van der Waals surface area contributed by atoms with Gasteiger partial charge in [-0.1, -0.05) is 13.3 Å². The summed E-state index contributed by atoms with van der Waals surface area (Å²) in [6.07, 6.45) is 2.00. The molecule has 0 aliphatic heterocycles. The van der Waals surface area contributed by atoms with Crippen molar-refractivity contribution in [2.75, 3.05) is 6.61 Å². The van der Waals surface area contributed by atoms with Crippen molar-refractivity contribution >= 4 is 10.1 Å². The normalized spacial score (nSPS) is 10.6. The van der Waals surface area contributed by atoms with E-state index in [-0.39, 0.29) is 35.9 Å². The summed E-state index contributed by atoms with van der Waals surface area (Å²) in [5.41, 5.74) is 0. The second kappa shape index (κ2) is 7.29. The zero-order chi connectivity index (χ0) is 11.3. The molecule has 0 fully saturated rings. The summed E-state index contributed by atoms with van der Waals surface area (Å²) < 4.78 is 35.5. The molecule has 0 bridgehead atoms. The van der Waals surface area contributed by atoms with Crippen LogP contribution in [0.2, 0.25) is 0 Å². The summed E-state index contributed by atoms with van der Waals surface area (Å²) >= 11 is 0. The Morgan fingerprint density at radius 1 is 1.31 bits per heavy atom. The molecule has 0 aliphatic carbocycles. The van der Waals surface area contributed by atoms with Gasteiger partial charge in [-0.2, -0.15) is 8.42 Å². The maximum atomic E-state index is 10.7. The van der Waals surface area contributed by atoms with E-state index in [9.17, 15) is 8.42 Å². The first-order valence-corrected chi connectivity index (χ1v) is 6.18. The van der Waals surface area contributed by atoms with Crippen LogP contribution < -0.4 is 34.3 Å². The van der Waals surface area contributed by atoms with Crippen LogP contribution in [0.5, 0.6) is 5.75 Å². The molecule has 1 aromatic carbocycles. The molecular weight excluding hydrogens is 239 g/mol. The van der Waals surface area contributed by atoms with E-state index in [2.05, 4.69) is 6.92 Å². The van der Waals surface area contributed by atoms with Crippen LogP contribution in [0.15, 0.2) is 29.2 Å². The van der Waals surface area contributed by atoms with Crippen LogP contribution in [0.1, 0.15) is 21.2 Å². The predicted molar refractivity (Wildman–Crippen MR) is 57.8 cm³/mol. The molecule has 6 heteroatoms. The monoisotopic (exact) mass is 254 g/mol. The molecule has 16 heavy (non-hydrogen) atoms. The van der Waals surface area contributed by atoms with Gasteiger partial charge in [-0.3, -0.25) is 4.55 Å². The second-order valence-electron chi connectivity index (χ2n) is 3.15. The van der Waals surface area contributed by atoms with E-state index in [1.165, 1.54) is 24.3 Å². The third-order valence-corrected chi connectivity index (χ3v) is 2.76. The molecule has 86 valence electrons. The van der Waals surface area contributed by atoms with Gasteiger partial charge in [0, 0.05) is 0 Å². The van der Waals surface area contributed by atoms with Crippen molar-refractivity contribution in [3.63, 3.8) is 0 Å². The number of benzene rings is 1.